The van der Waals surface area contributed by atoms with E-state index in [9.17, 15) is 4.39 Å². The van der Waals surface area contributed by atoms with Crippen molar-refractivity contribution < 1.29 is 4.39 Å². The van der Waals surface area contributed by atoms with Gasteiger partial charge in [-0.3, -0.25) is 9.36 Å². The van der Waals surface area contributed by atoms with E-state index in [0.29, 0.717) is 21.5 Å². The van der Waals surface area contributed by atoms with Gasteiger partial charge < -0.3 is 5.32 Å². The third-order valence-electron chi connectivity index (χ3n) is 3.72. The lowest BCUT2D eigenvalue weighted by Crippen LogP contribution is -2.04. The lowest BCUT2D eigenvalue weighted by Gasteiger charge is -2.05. The third kappa shape index (κ3) is 3.31. The summed E-state index contributed by atoms with van der Waals surface area (Å²) in [5.41, 5.74) is 1.29. The highest BCUT2D eigenvalue weighted by molar-refractivity contribution is 7.18. The molecule has 0 aliphatic rings. The van der Waals surface area contributed by atoms with E-state index in [1.807, 2.05) is 13.1 Å². The van der Waals surface area contributed by atoms with Crippen LogP contribution in [0.5, 0.6) is 0 Å². The molecule has 1 N–H and O–H groups in total. The van der Waals surface area contributed by atoms with Crippen LogP contribution in [0.1, 0.15) is 5.56 Å². The van der Waals surface area contributed by atoms with Crippen molar-refractivity contribution in [1.82, 2.24) is 29.8 Å². The zero-order valence-corrected chi connectivity index (χ0v) is 15.2. The molecule has 10 heteroatoms. The van der Waals surface area contributed by atoms with Crippen LogP contribution < -0.4 is 5.32 Å². The van der Waals surface area contributed by atoms with Gasteiger partial charge in [-0.1, -0.05) is 29.0 Å². The fraction of sp³-hybridized carbons (Fsp3) is 0.125. The van der Waals surface area contributed by atoms with Gasteiger partial charge >= 0.3 is 0 Å². The van der Waals surface area contributed by atoms with Crippen molar-refractivity contribution in [3.63, 3.8) is 0 Å². The number of nitrogens with zero attached hydrogens (tertiary/aromatic N) is 6. The molecule has 26 heavy (non-hydrogen) atoms. The first-order valence-electron chi connectivity index (χ1n) is 7.65. The van der Waals surface area contributed by atoms with Gasteiger partial charge in [-0.25, -0.2) is 4.39 Å². The number of nitrogens with one attached hydrogen (secondary N) is 1. The third-order valence-corrected chi connectivity index (χ3v) is 4.94. The van der Waals surface area contributed by atoms with Crippen molar-refractivity contribution in [2.24, 2.45) is 7.05 Å². The van der Waals surface area contributed by atoms with Gasteiger partial charge in [0.25, 0.3) is 0 Å². The van der Waals surface area contributed by atoms with Crippen molar-refractivity contribution in [3.8, 4) is 10.7 Å². The van der Waals surface area contributed by atoms with Gasteiger partial charge in [0, 0.05) is 36.1 Å². The molecule has 0 saturated carbocycles. The summed E-state index contributed by atoms with van der Waals surface area (Å²) in [7, 11) is 1.85. The highest BCUT2D eigenvalue weighted by atomic mass is 35.5. The molecule has 7 nitrogen and oxygen atoms in total. The molecule has 132 valence electrons. The van der Waals surface area contributed by atoms with Crippen molar-refractivity contribution in [2.75, 3.05) is 5.32 Å². The molecule has 0 radical (unpaired) electrons. The molecule has 3 aromatic heterocycles. The molecule has 0 spiro atoms. The van der Waals surface area contributed by atoms with Crippen LogP contribution in [-0.4, -0.2) is 29.8 Å². The summed E-state index contributed by atoms with van der Waals surface area (Å²) >= 11 is 7.45. The molecule has 0 bridgehead atoms. The Hall–Kier alpha value is -2.78. The SMILES string of the molecule is Cn1nccc1-c1nnc(Nc2ccn(Cc3c(F)cccc3Cl)n2)s1. The minimum atomic E-state index is -0.354. The Bertz CT molecular complexity index is 1030. The van der Waals surface area contributed by atoms with E-state index in [2.05, 4.69) is 25.7 Å². The normalized spacial score (nSPS) is 11.0. The number of hydrogen-bond acceptors (Lipinski definition) is 6. The number of aryl methyl sites for hydroxylation is 1. The minimum Gasteiger partial charge on any atom is -0.313 e. The second kappa shape index (κ2) is 6.85. The molecule has 4 rings (SSSR count). The quantitative estimate of drug-likeness (QED) is 0.563. The minimum absolute atomic E-state index is 0.240. The van der Waals surface area contributed by atoms with Crippen molar-refractivity contribution in [2.45, 2.75) is 6.54 Å². The molecule has 0 unspecified atom stereocenters. The summed E-state index contributed by atoms with van der Waals surface area (Å²) in [6, 6.07) is 8.26. The van der Waals surface area contributed by atoms with Crippen molar-refractivity contribution in [1.29, 1.82) is 0 Å². The maximum absolute atomic E-state index is 13.9. The zero-order chi connectivity index (χ0) is 18.1. The first kappa shape index (κ1) is 16.7. The number of halogens is 2. The summed E-state index contributed by atoms with van der Waals surface area (Å²) in [4.78, 5) is 0. The molecule has 0 saturated heterocycles. The van der Waals surface area contributed by atoms with Crippen LogP contribution in [0.4, 0.5) is 15.3 Å². The first-order chi connectivity index (χ1) is 12.6. The molecule has 0 fully saturated rings. The van der Waals surface area contributed by atoms with E-state index < -0.39 is 0 Å². The fourth-order valence-corrected chi connectivity index (χ4v) is 3.46. The Morgan fingerprint density at radius 1 is 1.23 bits per heavy atom. The van der Waals surface area contributed by atoms with Crippen LogP contribution in [0.25, 0.3) is 10.7 Å². The van der Waals surface area contributed by atoms with Crippen LogP contribution in [0.15, 0.2) is 42.7 Å². The molecular formula is C16H13ClFN7S. The van der Waals surface area contributed by atoms with E-state index in [1.54, 1.807) is 40.0 Å². The summed E-state index contributed by atoms with van der Waals surface area (Å²) in [5, 5.41) is 21.6. The lowest BCUT2D eigenvalue weighted by atomic mass is 10.2. The lowest BCUT2D eigenvalue weighted by molar-refractivity contribution is 0.586. The van der Waals surface area contributed by atoms with Crippen LogP contribution in [0.3, 0.4) is 0 Å². The first-order valence-corrected chi connectivity index (χ1v) is 8.85. The average molecular weight is 390 g/mol. The van der Waals surface area contributed by atoms with Gasteiger partial charge in [0.1, 0.15) is 5.82 Å². The highest BCUT2D eigenvalue weighted by Gasteiger charge is 2.12. The second-order valence-corrected chi connectivity index (χ2v) is 6.86. The van der Waals surface area contributed by atoms with Gasteiger partial charge in [0.15, 0.2) is 10.8 Å². The van der Waals surface area contributed by atoms with Crippen molar-refractivity contribution >= 4 is 33.9 Å². The standard InChI is InChI=1S/C16H13ClFN7S/c1-24-13(5-7-19-24)15-21-22-16(26-15)20-14-6-8-25(23-14)9-10-11(17)3-2-4-12(10)18/h2-8H,9H2,1H3,(H,20,22,23). The Kier molecular flexibility index (Phi) is 4.39. The summed E-state index contributed by atoms with van der Waals surface area (Å²) in [5.74, 6) is 0.234. The van der Waals surface area contributed by atoms with Crippen LogP contribution in [-0.2, 0) is 13.6 Å². The van der Waals surface area contributed by atoms with Gasteiger partial charge in [-0.05, 0) is 18.2 Å². The molecule has 1 aromatic carbocycles. The van der Waals surface area contributed by atoms with Crippen LogP contribution in [0, 0.1) is 5.82 Å². The van der Waals surface area contributed by atoms with Crippen molar-refractivity contribution in [3.05, 3.63) is 59.1 Å². The predicted octanol–water partition coefficient (Wildman–Crippen LogP) is 3.72. The topological polar surface area (TPSA) is 73.5 Å². The summed E-state index contributed by atoms with van der Waals surface area (Å²) < 4.78 is 17.2. The molecule has 0 aliphatic heterocycles. The molecule has 3 heterocycles. The maximum Gasteiger partial charge on any atom is 0.211 e. The number of hydrogen-bond donors (Lipinski definition) is 1. The maximum atomic E-state index is 13.9. The van der Waals surface area contributed by atoms with Crippen LogP contribution in [0.2, 0.25) is 5.02 Å². The second-order valence-electron chi connectivity index (χ2n) is 5.48. The van der Waals surface area contributed by atoms with E-state index in [4.69, 9.17) is 11.6 Å². The Morgan fingerprint density at radius 3 is 2.88 bits per heavy atom. The van der Waals surface area contributed by atoms with Crippen LogP contribution >= 0.6 is 22.9 Å². The Balaban J connectivity index is 1.49. The van der Waals surface area contributed by atoms with E-state index in [0.717, 1.165) is 10.7 Å². The van der Waals surface area contributed by atoms with Gasteiger partial charge in [-0.2, -0.15) is 10.2 Å². The molecule has 0 aliphatic carbocycles. The monoisotopic (exact) mass is 389 g/mol. The van der Waals surface area contributed by atoms with E-state index in [-0.39, 0.29) is 12.4 Å². The summed E-state index contributed by atoms with van der Waals surface area (Å²) in [6.45, 7) is 0.240. The Morgan fingerprint density at radius 2 is 2.12 bits per heavy atom. The highest BCUT2D eigenvalue weighted by Crippen LogP contribution is 2.27. The van der Waals surface area contributed by atoms with Gasteiger partial charge in [0.05, 0.1) is 12.2 Å². The fourth-order valence-electron chi connectivity index (χ4n) is 2.43. The molecular weight excluding hydrogens is 377 g/mol. The molecule has 0 atom stereocenters. The Labute approximate surface area is 157 Å². The zero-order valence-electron chi connectivity index (χ0n) is 13.6. The molecule has 0 amide bonds. The van der Waals surface area contributed by atoms with E-state index in [1.165, 1.54) is 17.4 Å². The van der Waals surface area contributed by atoms with Gasteiger partial charge in [0.2, 0.25) is 5.13 Å². The number of rotatable bonds is 5. The summed E-state index contributed by atoms with van der Waals surface area (Å²) in [6.07, 6.45) is 3.45. The largest absolute Gasteiger partial charge is 0.313 e. The average Bonchev–Trinajstić information content (AvgIpc) is 3.33. The number of anilines is 2. The number of aromatic nitrogens is 6. The predicted molar refractivity (Wildman–Crippen MR) is 98.1 cm³/mol. The molecule has 4 aromatic rings. The van der Waals surface area contributed by atoms with E-state index >= 15 is 0 Å². The van der Waals surface area contributed by atoms with Gasteiger partial charge in [-0.15, -0.1) is 10.2 Å². The smallest absolute Gasteiger partial charge is 0.211 e. The number of benzene rings is 1.